The molecule has 0 aromatic carbocycles. The van der Waals surface area contributed by atoms with E-state index in [0.717, 1.165) is 0 Å². The van der Waals surface area contributed by atoms with Crippen LogP contribution < -0.4 is 11.4 Å². The smallest absolute Gasteiger partial charge is 0.351 e. The van der Waals surface area contributed by atoms with Crippen LogP contribution in [0.5, 0.6) is 0 Å². The predicted molar refractivity (Wildman–Crippen MR) is 68.2 cm³/mol. The minimum absolute atomic E-state index is 0.581. The molecule has 21 heavy (non-hydrogen) atoms. The molecule has 5 atom stereocenters. The number of aliphatic hydroxyl groups excluding tert-OH is 2. The maximum absolute atomic E-state index is 13.5. The number of halogens is 1. The van der Waals surface area contributed by atoms with E-state index >= 15 is 0 Å². The summed E-state index contributed by atoms with van der Waals surface area (Å²) in [4.78, 5) is 15.0. The maximum atomic E-state index is 13.5. The number of nitrogens with two attached hydrogens (primary N) is 1. The molecule has 2 rings (SSSR count). The Bertz CT molecular complexity index is 655. The fourth-order valence-electron chi connectivity index (χ4n) is 2.16. The van der Waals surface area contributed by atoms with E-state index in [-0.39, 0.29) is 0 Å². The zero-order valence-corrected chi connectivity index (χ0v) is 11.0. The van der Waals surface area contributed by atoms with Crippen molar-refractivity contribution in [3.05, 3.63) is 22.5 Å². The summed E-state index contributed by atoms with van der Waals surface area (Å²) in [5.41, 5.74) is 1.80. The molecule has 1 aromatic rings. The standard InChI is InChI=1S/C12H14FN3O5/c1-3-12(20)8(18)7(5(2)17)21-10(12)16-4-6(13)9(14)15-11(16)19/h1,4-5,7-8,10,17-18,20H,2H3,(H2,14,15,19)/t5-,7-,8?,10-,12-/m1/s1. The SMILES string of the molecule is C#C[C@@]1(O)C(O)[C@@H]([C@@H](C)O)O[C@H]1n1cc(F)c(N)nc1=O. The van der Waals surface area contributed by atoms with Gasteiger partial charge in [-0.05, 0) is 6.92 Å². The second kappa shape index (κ2) is 5.09. The average molecular weight is 299 g/mol. The van der Waals surface area contributed by atoms with Crippen molar-refractivity contribution in [3.63, 3.8) is 0 Å². The van der Waals surface area contributed by atoms with Crippen LogP contribution in [0.3, 0.4) is 0 Å². The van der Waals surface area contributed by atoms with Gasteiger partial charge in [0.05, 0.1) is 12.3 Å². The van der Waals surface area contributed by atoms with E-state index in [2.05, 4.69) is 4.98 Å². The zero-order valence-electron chi connectivity index (χ0n) is 11.0. The van der Waals surface area contributed by atoms with Crippen LogP contribution in [-0.4, -0.2) is 48.8 Å². The molecule has 0 spiro atoms. The Labute approximate surface area is 118 Å². The van der Waals surface area contributed by atoms with E-state index in [0.29, 0.717) is 10.8 Å². The molecule has 0 radical (unpaired) electrons. The van der Waals surface area contributed by atoms with Gasteiger partial charge in [0.25, 0.3) is 0 Å². The van der Waals surface area contributed by atoms with Gasteiger partial charge in [0, 0.05) is 0 Å². The van der Waals surface area contributed by atoms with Gasteiger partial charge in [-0.25, -0.2) is 9.18 Å². The monoisotopic (exact) mass is 299 g/mol. The minimum atomic E-state index is -2.34. The molecule has 1 aliphatic rings. The Hall–Kier alpha value is -1.99. The molecule has 1 unspecified atom stereocenters. The Morgan fingerprint density at radius 1 is 1.71 bits per heavy atom. The van der Waals surface area contributed by atoms with E-state index in [4.69, 9.17) is 16.9 Å². The van der Waals surface area contributed by atoms with Crippen molar-refractivity contribution < 1.29 is 24.4 Å². The summed E-state index contributed by atoms with van der Waals surface area (Å²) in [7, 11) is 0. The van der Waals surface area contributed by atoms with Gasteiger partial charge in [-0.1, -0.05) is 5.92 Å². The molecule has 114 valence electrons. The lowest BCUT2D eigenvalue weighted by atomic mass is 9.93. The van der Waals surface area contributed by atoms with Crippen molar-refractivity contribution in [2.75, 3.05) is 5.73 Å². The molecular weight excluding hydrogens is 285 g/mol. The van der Waals surface area contributed by atoms with Crippen LogP contribution in [0.4, 0.5) is 10.2 Å². The van der Waals surface area contributed by atoms with E-state index in [1.807, 2.05) is 5.92 Å². The summed E-state index contributed by atoms with van der Waals surface area (Å²) in [5, 5.41) is 29.8. The van der Waals surface area contributed by atoms with Crippen molar-refractivity contribution in [3.8, 4) is 12.3 Å². The normalized spacial score (nSPS) is 33.6. The Morgan fingerprint density at radius 2 is 2.33 bits per heavy atom. The predicted octanol–water partition coefficient (Wildman–Crippen LogP) is -2.03. The molecule has 2 heterocycles. The molecule has 0 bridgehead atoms. The number of ether oxygens (including phenoxy) is 1. The molecule has 9 heteroatoms. The summed E-state index contributed by atoms with van der Waals surface area (Å²) < 4.78 is 19.3. The number of aromatic nitrogens is 2. The van der Waals surface area contributed by atoms with Crippen LogP contribution >= 0.6 is 0 Å². The van der Waals surface area contributed by atoms with Gasteiger partial charge >= 0.3 is 5.69 Å². The Morgan fingerprint density at radius 3 is 2.86 bits per heavy atom. The quantitative estimate of drug-likeness (QED) is 0.463. The highest BCUT2D eigenvalue weighted by atomic mass is 19.1. The minimum Gasteiger partial charge on any atom is -0.391 e. The number of nitrogen functional groups attached to an aromatic ring is 1. The van der Waals surface area contributed by atoms with Crippen LogP contribution in [0.25, 0.3) is 0 Å². The molecule has 0 saturated carbocycles. The molecule has 5 N–H and O–H groups in total. The highest BCUT2D eigenvalue weighted by Gasteiger charge is 2.57. The summed E-state index contributed by atoms with van der Waals surface area (Å²) in [6.45, 7) is 1.30. The maximum Gasteiger partial charge on any atom is 0.351 e. The first kappa shape index (κ1) is 15.4. The second-order valence-electron chi connectivity index (χ2n) is 4.77. The number of anilines is 1. The fraction of sp³-hybridized carbons (Fsp3) is 0.500. The number of hydrogen-bond donors (Lipinski definition) is 4. The summed E-state index contributed by atoms with van der Waals surface area (Å²) in [6.07, 6.45) is 0.105. The van der Waals surface area contributed by atoms with E-state index < -0.39 is 47.5 Å². The van der Waals surface area contributed by atoms with Gasteiger partial charge in [-0.15, -0.1) is 6.42 Å². The van der Waals surface area contributed by atoms with Crippen LogP contribution in [0.15, 0.2) is 11.0 Å². The highest BCUT2D eigenvalue weighted by molar-refractivity contribution is 5.27. The molecular formula is C12H14FN3O5. The third-order valence-corrected chi connectivity index (χ3v) is 3.32. The van der Waals surface area contributed by atoms with E-state index in [1.165, 1.54) is 6.92 Å². The summed E-state index contributed by atoms with van der Waals surface area (Å²) in [5.74, 6) is 0.273. The lowest BCUT2D eigenvalue weighted by molar-refractivity contribution is -0.0886. The van der Waals surface area contributed by atoms with Gasteiger partial charge < -0.3 is 25.8 Å². The van der Waals surface area contributed by atoms with Gasteiger partial charge in [-0.3, -0.25) is 4.57 Å². The third kappa shape index (κ3) is 2.28. The van der Waals surface area contributed by atoms with Crippen LogP contribution in [0.2, 0.25) is 0 Å². The van der Waals surface area contributed by atoms with Gasteiger partial charge in [0.1, 0.15) is 12.2 Å². The van der Waals surface area contributed by atoms with Gasteiger partial charge in [-0.2, -0.15) is 4.98 Å². The lowest BCUT2D eigenvalue weighted by Crippen LogP contribution is -2.48. The van der Waals surface area contributed by atoms with Crippen LogP contribution in [-0.2, 0) is 4.74 Å². The zero-order chi connectivity index (χ0) is 15.9. The molecule has 0 aliphatic carbocycles. The van der Waals surface area contributed by atoms with E-state index in [9.17, 15) is 24.5 Å². The van der Waals surface area contributed by atoms with Crippen molar-refractivity contribution >= 4 is 5.82 Å². The molecule has 1 aliphatic heterocycles. The fourth-order valence-corrected chi connectivity index (χ4v) is 2.16. The number of rotatable bonds is 2. The molecule has 1 aromatic heterocycles. The number of terminal acetylenes is 1. The van der Waals surface area contributed by atoms with Crippen LogP contribution in [0, 0.1) is 18.2 Å². The second-order valence-corrected chi connectivity index (χ2v) is 4.77. The lowest BCUT2D eigenvalue weighted by Gasteiger charge is -2.26. The van der Waals surface area contributed by atoms with Crippen molar-refractivity contribution in [1.29, 1.82) is 0 Å². The summed E-state index contributed by atoms with van der Waals surface area (Å²) >= 11 is 0. The van der Waals surface area contributed by atoms with Gasteiger partial charge in [0.2, 0.25) is 0 Å². The highest BCUT2D eigenvalue weighted by Crippen LogP contribution is 2.38. The Balaban J connectivity index is 2.56. The van der Waals surface area contributed by atoms with Crippen molar-refractivity contribution in [2.24, 2.45) is 0 Å². The largest absolute Gasteiger partial charge is 0.391 e. The molecule has 1 saturated heterocycles. The van der Waals surface area contributed by atoms with Crippen molar-refractivity contribution in [2.45, 2.75) is 37.1 Å². The van der Waals surface area contributed by atoms with Crippen LogP contribution in [0.1, 0.15) is 13.2 Å². The Kier molecular flexibility index (Phi) is 3.73. The number of nitrogens with zero attached hydrogens (tertiary/aromatic N) is 2. The first-order valence-corrected chi connectivity index (χ1v) is 5.98. The first-order chi connectivity index (χ1) is 9.72. The molecule has 1 fully saturated rings. The number of hydrogen-bond acceptors (Lipinski definition) is 7. The molecule has 0 amide bonds. The topological polar surface area (TPSA) is 131 Å². The average Bonchev–Trinajstić information content (AvgIpc) is 2.68. The molecule has 8 nitrogen and oxygen atoms in total. The summed E-state index contributed by atoms with van der Waals surface area (Å²) in [6, 6.07) is 0. The third-order valence-electron chi connectivity index (χ3n) is 3.32. The van der Waals surface area contributed by atoms with Crippen molar-refractivity contribution in [1.82, 2.24) is 9.55 Å². The van der Waals surface area contributed by atoms with Gasteiger partial charge in [0.15, 0.2) is 23.5 Å². The first-order valence-electron chi connectivity index (χ1n) is 5.98. The number of aliphatic hydroxyl groups is 3. The van der Waals surface area contributed by atoms with E-state index in [1.54, 1.807) is 0 Å².